The van der Waals surface area contributed by atoms with Crippen molar-refractivity contribution in [2.45, 2.75) is 89.1 Å². The Labute approximate surface area is 135 Å². The van der Waals surface area contributed by atoms with E-state index in [1.807, 2.05) is 4.90 Å². The number of hydrogen-bond donors (Lipinski definition) is 4. The molecule has 0 aromatic rings. The van der Waals surface area contributed by atoms with Crippen LogP contribution in [0.1, 0.15) is 64.7 Å². The van der Waals surface area contributed by atoms with Crippen LogP contribution >= 0.6 is 0 Å². The molecule has 1 rings (SSSR count). The molecule has 1 aliphatic rings. The lowest BCUT2D eigenvalue weighted by Crippen LogP contribution is -2.62. The molecular weight excluding hydrogens is 282 g/mol. The fraction of sp³-hybridized carbons (Fsp3) is 1.00. The zero-order chi connectivity index (χ0) is 16.4. The van der Waals surface area contributed by atoms with Crippen LogP contribution in [0.4, 0.5) is 0 Å². The first-order valence-electron chi connectivity index (χ1n) is 9.01. The zero-order valence-electron chi connectivity index (χ0n) is 14.0. The first-order chi connectivity index (χ1) is 10.6. The Kier molecular flexibility index (Phi) is 10.2. The Morgan fingerprint density at radius 2 is 1.36 bits per heavy atom. The quantitative estimate of drug-likeness (QED) is 0.431. The van der Waals surface area contributed by atoms with Crippen molar-refractivity contribution in [3.05, 3.63) is 0 Å². The molecular formula is C17H35NO4. The van der Waals surface area contributed by atoms with Gasteiger partial charge in [-0.05, 0) is 13.0 Å². The fourth-order valence-electron chi connectivity index (χ4n) is 3.26. The summed E-state index contributed by atoms with van der Waals surface area (Å²) in [6.07, 6.45) is 8.09. The molecule has 132 valence electrons. The van der Waals surface area contributed by atoms with Crippen molar-refractivity contribution in [1.82, 2.24) is 4.90 Å². The molecule has 0 aromatic heterocycles. The SMILES string of the molecule is CCCCCCCCCCCN1C[C@H](O)[C@@H](O)[C@H](O)[C@H]1CO. The number of nitrogens with zero attached hydrogens (tertiary/aromatic N) is 1. The minimum atomic E-state index is -1.16. The standard InChI is InChI=1S/C17H35NO4/c1-2-3-4-5-6-7-8-9-10-11-18-12-15(20)17(22)16(21)14(18)13-19/h14-17,19-22H,2-13H2,1H3/t14-,15+,16-,17-/m1/s1. The highest BCUT2D eigenvalue weighted by Gasteiger charge is 2.40. The van der Waals surface area contributed by atoms with Crippen molar-refractivity contribution in [3.8, 4) is 0 Å². The third-order valence-electron chi connectivity index (χ3n) is 4.76. The van der Waals surface area contributed by atoms with E-state index in [0.717, 1.165) is 19.4 Å². The number of likely N-dealkylation sites (tertiary alicyclic amines) is 1. The van der Waals surface area contributed by atoms with Crippen LogP contribution in [0.2, 0.25) is 0 Å². The van der Waals surface area contributed by atoms with Gasteiger partial charge >= 0.3 is 0 Å². The fourth-order valence-corrected chi connectivity index (χ4v) is 3.26. The van der Waals surface area contributed by atoms with Gasteiger partial charge in [-0.1, -0.05) is 58.3 Å². The number of piperidine rings is 1. The predicted molar refractivity (Wildman–Crippen MR) is 87.7 cm³/mol. The van der Waals surface area contributed by atoms with E-state index < -0.39 is 24.4 Å². The van der Waals surface area contributed by atoms with E-state index in [1.54, 1.807) is 0 Å². The van der Waals surface area contributed by atoms with Crippen LogP contribution in [0.5, 0.6) is 0 Å². The Bertz CT molecular complexity index is 277. The van der Waals surface area contributed by atoms with Gasteiger partial charge in [-0.2, -0.15) is 0 Å². The van der Waals surface area contributed by atoms with Crippen molar-refractivity contribution in [3.63, 3.8) is 0 Å². The summed E-state index contributed by atoms with van der Waals surface area (Å²) >= 11 is 0. The van der Waals surface area contributed by atoms with Gasteiger partial charge in [0.1, 0.15) is 12.2 Å². The molecule has 0 amide bonds. The molecule has 1 saturated heterocycles. The predicted octanol–water partition coefficient (Wildman–Crippen LogP) is 1.28. The van der Waals surface area contributed by atoms with Crippen LogP contribution in [0.3, 0.4) is 0 Å². The van der Waals surface area contributed by atoms with Crippen LogP contribution < -0.4 is 0 Å². The maximum Gasteiger partial charge on any atom is 0.109 e. The van der Waals surface area contributed by atoms with Crippen molar-refractivity contribution in [2.75, 3.05) is 19.7 Å². The van der Waals surface area contributed by atoms with Gasteiger partial charge in [-0.15, -0.1) is 0 Å². The highest BCUT2D eigenvalue weighted by molar-refractivity contribution is 4.93. The Hall–Kier alpha value is -0.200. The monoisotopic (exact) mass is 317 g/mol. The summed E-state index contributed by atoms with van der Waals surface area (Å²) in [4.78, 5) is 1.91. The summed E-state index contributed by atoms with van der Waals surface area (Å²) in [6, 6.07) is -0.465. The summed E-state index contributed by atoms with van der Waals surface area (Å²) in [5.74, 6) is 0. The smallest absolute Gasteiger partial charge is 0.109 e. The molecule has 1 heterocycles. The van der Waals surface area contributed by atoms with Crippen LogP contribution in [0.15, 0.2) is 0 Å². The Balaban J connectivity index is 2.12. The molecule has 0 aromatic carbocycles. The summed E-state index contributed by atoms with van der Waals surface area (Å²) < 4.78 is 0. The number of β-amino-alcohol motifs (C(OH)–C–C–N with tert-alkyl or cyclic N) is 1. The average molecular weight is 317 g/mol. The van der Waals surface area contributed by atoms with Gasteiger partial charge in [0.2, 0.25) is 0 Å². The maximum atomic E-state index is 9.91. The molecule has 1 aliphatic heterocycles. The second-order valence-corrected chi connectivity index (χ2v) is 6.62. The van der Waals surface area contributed by atoms with Crippen LogP contribution in [0.25, 0.3) is 0 Å². The van der Waals surface area contributed by atoms with Gasteiger partial charge in [0.25, 0.3) is 0 Å². The summed E-state index contributed by atoms with van der Waals surface area (Å²) in [7, 11) is 0. The third-order valence-corrected chi connectivity index (χ3v) is 4.76. The molecule has 0 aliphatic carbocycles. The molecule has 4 atom stereocenters. The van der Waals surface area contributed by atoms with Gasteiger partial charge < -0.3 is 20.4 Å². The highest BCUT2D eigenvalue weighted by atomic mass is 16.4. The molecule has 0 bridgehead atoms. The van der Waals surface area contributed by atoms with E-state index >= 15 is 0 Å². The summed E-state index contributed by atoms with van der Waals surface area (Å²) in [5, 5.41) is 38.7. The molecule has 0 radical (unpaired) electrons. The molecule has 4 N–H and O–H groups in total. The average Bonchev–Trinajstić information content (AvgIpc) is 2.51. The maximum absolute atomic E-state index is 9.91. The number of aliphatic hydroxyl groups excluding tert-OH is 4. The van der Waals surface area contributed by atoms with Crippen LogP contribution in [0, 0.1) is 0 Å². The van der Waals surface area contributed by atoms with Crippen molar-refractivity contribution in [1.29, 1.82) is 0 Å². The number of rotatable bonds is 11. The second kappa shape index (κ2) is 11.4. The molecule has 0 saturated carbocycles. The van der Waals surface area contributed by atoms with E-state index in [9.17, 15) is 20.4 Å². The Morgan fingerprint density at radius 1 is 0.818 bits per heavy atom. The number of hydrogen-bond acceptors (Lipinski definition) is 5. The second-order valence-electron chi connectivity index (χ2n) is 6.62. The van der Waals surface area contributed by atoms with Gasteiger partial charge in [-0.3, -0.25) is 4.90 Å². The molecule has 0 unspecified atom stereocenters. The van der Waals surface area contributed by atoms with E-state index in [4.69, 9.17) is 0 Å². The lowest BCUT2D eigenvalue weighted by atomic mass is 9.94. The molecule has 1 fully saturated rings. The topological polar surface area (TPSA) is 84.2 Å². The first kappa shape index (κ1) is 19.8. The van der Waals surface area contributed by atoms with Crippen molar-refractivity contribution >= 4 is 0 Å². The van der Waals surface area contributed by atoms with Crippen molar-refractivity contribution in [2.24, 2.45) is 0 Å². The lowest BCUT2D eigenvalue weighted by molar-refractivity contribution is -0.145. The van der Waals surface area contributed by atoms with Gasteiger partial charge in [0.15, 0.2) is 0 Å². The highest BCUT2D eigenvalue weighted by Crippen LogP contribution is 2.20. The molecule has 0 spiro atoms. The molecule has 22 heavy (non-hydrogen) atoms. The van der Waals surface area contributed by atoms with Crippen LogP contribution in [-0.2, 0) is 0 Å². The van der Waals surface area contributed by atoms with Crippen LogP contribution in [-0.4, -0.2) is 69.4 Å². The minimum absolute atomic E-state index is 0.192. The number of aliphatic hydroxyl groups is 4. The van der Waals surface area contributed by atoms with E-state index in [-0.39, 0.29) is 6.61 Å². The normalized spacial score (nSPS) is 29.9. The van der Waals surface area contributed by atoms with E-state index in [1.165, 1.54) is 44.9 Å². The number of unbranched alkanes of at least 4 members (excludes halogenated alkanes) is 8. The lowest BCUT2D eigenvalue weighted by Gasteiger charge is -2.43. The molecule has 5 heteroatoms. The molecule has 5 nitrogen and oxygen atoms in total. The zero-order valence-corrected chi connectivity index (χ0v) is 14.0. The minimum Gasteiger partial charge on any atom is -0.395 e. The summed E-state index contributed by atoms with van der Waals surface area (Å²) in [5.41, 5.74) is 0. The third kappa shape index (κ3) is 6.50. The summed E-state index contributed by atoms with van der Waals surface area (Å²) in [6.45, 7) is 3.11. The van der Waals surface area contributed by atoms with Gasteiger partial charge in [-0.25, -0.2) is 0 Å². The van der Waals surface area contributed by atoms with Gasteiger partial charge in [0.05, 0.1) is 18.8 Å². The first-order valence-corrected chi connectivity index (χ1v) is 9.01. The Morgan fingerprint density at radius 3 is 1.91 bits per heavy atom. The largest absolute Gasteiger partial charge is 0.395 e. The van der Waals surface area contributed by atoms with Crippen molar-refractivity contribution < 1.29 is 20.4 Å². The van der Waals surface area contributed by atoms with E-state index in [0.29, 0.717) is 6.54 Å². The van der Waals surface area contributed by atoms with E-state index in [2.05, 4.69) is 6.92 Å². The van der Waals surface area contributed by atoms with Gasteiger partial charge in [0, 0.05) is 6.54 Å².